The van der Waals surface area contributed by atoms with Crippen molar-refractivity contribution in [1.29, 1.82) is 0 Å². The largest absolute Gasteiger partial charge is 0.360 e. The fourth-order valence-electron chi connectivity index (χ4n) is 2.14. The van der Waals surface area contributed by atoms with Crippen molar-refractivity contribution >= 4 is 22.6 Å². The fourth-order valence-corrected chi connectivity index (χ4v) is 2.14. The SMILES string of the molecule is Cc1cc(NC(=O)c2cc3cc(F)ccc3n2C)no1. The van der Waals surface area contributed by atoms with E-state index in [0.717, 1.165) is 5.52 Å². The Labute approximate surface area is 114 Å². The van der Waals surface area contributed by atoms with Crippen LogP contribution in [-0.2, 0) is 7.05 Å². The fraction of sp³-hybridized carbons (Fsp3) is 0.143. The Morgan fingerprint density at radius 2 is 2.15 bits per heavy atom. The van der Waals surface area contributed by atoms with E-state index in [1.807, 2.05) is 0 Å². The molecule has 1 N–H and O–H groups in total. The number of hydrogen-bond donors (Lipinski definition) is 1. The van der Waals surface area contributed by atoms with Gasteiger partial charge in [0, 0.05) is 24.0 Å². The third-order valence-electron chi connectivity index (χ3n) is 3.11. The van der Waals surface area contributed by atoms with Crippen molar-refractivity contribution in [2.24, 2.45) is 7.05 Å². The lowest BCUT2D eigenvalue weighted by molar-refractivity contribution is 0.101. The Morgan fingerprint density at radius 3 is 2.85 bits per heavy atom. The van der Waals surface area contributed by atoms with Crippen molar-refractivity contribution in [3.8, 4) is 0 Å². The monoisotopic (exact) mass is 273 g/mol. The van der Waals surface area contributed by atoms with E-state index in [9.17, 15) is 9.18 Å². The summed E-state index contributed by atoms with van der Waals surface area (Å²) in [6.45, 7) is 1.74. The summed E-state index contributed by atoms with van der Waals surface area (Å²) in [6.07, 6.45) is 0. The number of fused-ring (bicyclic) bond motifs is 1. The number of anilines is 1. The first kappa shape index (κ1) is 12.4. The maximum absolute atomic E-state index is 13.2. The van der Waals surface area contributed by atoms with Crippen molar-refractivity contribution in [2.45, 2.75) is 6.92 Å². The van der Waals surface area contributed by atoms with Gasteiger partial charge in [-0.25, -0.2) is 4.39 Å². The van der Waals surface area contributed by atoms with E-state index >= 15 is 0 Å². The topological polar surface area (TPSA) is 60.1 Å². The highest BCUT2D eigenvalue weighted by atomic mass is 19.1. The second-order valence-electron chi connectivity index (χ2n) is 4.57. The number of aryl methyl sites for hydroxylation is 2. The van der Waals surface area contributed by atoms with Crippen molar-refractivity contribution in [1.82, 2.24) is 9.72 Å². The van der Waals surface area contributed by atoms with E-state index < -0.39 is 0 Å². The smallest absolute Gasteiger partial charge is 0.273 e. The summed E-state index contributed by atoms with van der Waals surface area (Å²) in [5, 5.41) is 7.01. The molecule has 0 aliphatic rings. The van der Waals surface area contributed by atoms with Gasteiger partial charge in [-0.05, 0) is 31.2 Å². The zero-order valence-electron chi connectivity index (χ0n) is 11.0. The van der Waals surface area contributed by atoms with Crippen LogP contribution in [0.1, 0.15) is 16.2 Å². The van der Waals surface area contributed by atoms with Gasteiger partial charge < -0.3 is 14.4 Å². The van der Waals surface area contributed by atoms with Gasteiger partial charge in [0.2, 0.25) is 0 Å². The lowest BCUT2D eigenvalue weighted by atomic mass is 10.2. The van der Waals surface area contributed by atoms with Crippen LogP contribution >= 0.6 is 0 Å². The van der Waals surface area contributed by atoms with E-state index in [0.29, 0.717) is 22.7 Å². The Bertz CT molecular complexity index is 804. The molecular formula is C14H12FN3O2. The van der Waals surface area contributed by atoms with Gasteiger partial charge in [-0.3, -0.25) is 4.79 Å². The lowest BCUT2D eigenvalue weighted by Crippen LogP contribution is -2.15. The summed E-state index contributed by atoms with van der Waals surface area (Å²) in [4.78, 5) is 12.2. The summed E-state index contributed by atoms with van der Waals surface area (Å²) in [5.41, 5.74) is 1.21. The van der Waals surface area contributed by atoms with Crippen LogP contribution in [-0.4, -0.2) is 15.6 Å². The van der Waals surface area contributed by atoms with Gasteiger partial charge in [0.15, 0.2) is 5.82 Å². The van der Waals surface area contributed by atoms with Gasteiger partial charge in [0.25, 0.3) is 5.91 Å². The molecule has 0 bridgehead atoms. The van der Waals surface area contributed by atoms with E-state index in [1.165, 1.54) is 12.1 Å². The molecule has 0 fully saturated rings. The zero-order valence-corrected chi connectivity index (χ0v) is 11.0. The summed E-state index contributed by atoms with van der Waals surface area (Å²) in [5.74, 6) is 0.308. The van der Waals surface area contributed by atoms with Crippen LogP contribution in [0.3, 0.4) is 0 Å². The minimum Gasteiger partial charge on any atom is -0.360 e. The van der Waals surface area contributed by atoms with Crippen molar-refractivity contribution in [3.63, 3.8) is 0 Å². The van der Waals surface area contributed by atoms with Crippen LogP contribution in [0.25, 0.3) is 10.9 Å². The van der Waals surface area contributed by atoms with E-state index in [2.05, 4.69) is 10.5 Å². The molecular weight excluding hydrogens is 261 g/mol. The molecule has 20 heavy (non-hydrogen) atoms. The van der Waals surface area contributed by atoms with E-state index in [1.54, 1.807) is 36.7 Å². The molecule has 5 nitrogen and oxygen atoms in total. The van der Waals surface area contributed by atoms with Crippen LogP contribution < -0.4 is 5.32 Å². The highest BCUT2D eigenvalue weighted by Gasteiger charge is 2.15. The quantitative estimate of drug-likeness (QED) is 0.781. The van der Waals surface area contributed by atoms with Gasteiger partial charge in [0.1, 0.15) is 17.3 Å². The number of aromatic nitrogens is 2. The van der Waals surface area contributed by atoms with E-state index in [-0.39, 0.29) is 11.7 Å². The number of carbonyl (C=O) groups excluding carboxylic acids is 1. The molecule has 0 saturated heterocycles. The first-order valence-corrected chi connectivity index (χ1v) is 6.04. The van der Waals surface area contributed by atoms with Gasteiger partial charge in [-0.1, -0.05) is 5.16 Å². The maximum atomic E-state index is 13.2. The highest BCUT2D eigenvalue weighted by molar-refractivity contribution is 6.05. The minimum absolute atomic E-state index is 0.322. The van der Waals surface area contributed by atoms with Gasteiger partial charge in [0.05, 0.1) is 0 Å². The number of benzene rings is 1. The van der Waals surface area contributed by atoms with Gasteiger partial charge in [-0.15, -0.1) is 0 Å². The molecule has 0 unspecified atom stereocenters. The molecule has 0 spiro atoms. The summed E-state index contributed by atoms with van der Waals surface area (Å²) in [7, 11) is 1.75. The van der Waals surface area contributed by atoms with Gasteiger partial charge >= 0.3 is 0 Å². The average Bonchev–Trinajstić information content (AvgIpc) is 2.94. The summed E-state index contributed by atoms with van der Waals surface area (Å²) in [6, 6.07) is 7.67. The van der Waals surface area contributed by atoms with Crippen molar-refractivity contribution < 1.29 is 13.7 Å². The van der Waals surface area contributed by atoms with E-state index in [4.69, 9.17) is 4.52 Å². The zero-order chi connectivity index (χ0) is 14.3. The van der Waals surface area contributed by atoms with Crippen LogP contribution in [0.2, 0.25) is 0 Å². The number of hydrogen-bond acceptors (Lipinski definition) is 3. The molecule has 0 aliphatic heterocycles. The molecule has 102 valence electrons. The van der Waals surface area contributed by atoms with Crippen LogP contribution in [0, 0.1) is 12.7 Å². The summed E-state index contributed by atoms with van der Waals surface area (Å²) < 4.78 is 19.8. The van der Waals surface area contributed by atoms with Crippen molar-refractivity contribution in [3.05, 3.63) is 47.6 Å². The third kappa shape index (κ3) is 2.05. The first-order valence-electron chi connectivity index (χ1n) is 6.04. The number of rotatable bonds is 2. The normalized spacial score (nSPS) is 10.9. The third-order valence-corrected chi connectivity index (χ3v) is 3.11. The minimum atomic E-state index is -0.331. The molecule has 3 aromatic rings. The maximum Gasteiger partial charge on any atom is 0.273 e. The molecule has 6 heteroatoms. The Balaban J connectivity index is 1.97. The van der Waals surface area contributed by atoms with Crippen LogP contribution in [0.4, 0.5) is 10.2 Å². The molecule has 1 amide bonds. The van der Waals surface area contributed by atoms with Crippen LogP contribution in [0.15, 0.2) is 34.9 Å². The lowest BCUT2D eigenvalue weighted by Gasteiger charge is -2.03. The Kier molecular flexibility index (Phi) is 2.78. The molecule has 0 radical (unpaired) electrons. The highest BCUT2D eigenvalue weighted by Crippen LogP contribution is 2.20. The molecule has 2 aromatic heterocycles. The number of amides is 1. The molecule has 0 saturated carbocycles. The average molecular weight is 273 g/mol. The predicted octanol–water partition coefficient (Wildman–Crippen LogP) is 2.87. The second kappa shape index (κ2) is 4.48. The standard InChI is InChI=1S/C14H12FN3O2/c1-8-5-13(17-20-8)16-14(19)12-7-9-6-10(15)3-4-11(9)18(12)2/h3-7H,1-2H3,(H,16,17,19). The first-order chi connectivity index (χ1) is 9.54. The Hall–Kier alpha value is -2.63. The molecule has 1 aromatic carbocycles. The molecule has 0 atom stereocenters. The molecule has 3 rings (SSSR count). The Morgan fingerprint density at radius 1 is 1.35 bits per heavy atom. The molecule has 2 heterocycles. The second-order valence-corrected chi connectivity index (χ2v) is 4.57. The van der Waals surface area contributed by atoms with Gasteiger partial charge in [-0.2, -0.15) is 0 Å². The molecule has 0 aliphatic carbocycles. The number of carbonyl (C=O) groups is 1. The van der Waals surface area contributed by atoms with Crippen LogP contribution in [0.5, 0.6) is 0 Å². The predicted molar refractivity (Wildman–Crippen MR) is 72.1 cm³/mol. The number of halogens is 1. The number of nitrogens with zero attached hydrogens (tertiary/aromatic N) is 2. The van der Waals surface area contributed by atoms with Crippen molar-refractivity contribution in [2.75, 3.05) is 5.32 Å². The summed E-state index contributed by atoms with van der Waals surface area (Å²) >= 11 is 0. The number of nitrogens with one attached hydrogen (secondary N) is 1.